The Labute approximate surface area is 89.4 Å². The SMILES string of the molecule is COc1ccc(OC)c(OC)c1CCO. The topological polar surface area (TPSA) is 47.9 Å². The lowest BCUT2D eigenvalue weighted by Gasteiger charge is -2.15. The largest absolute Gasteiger partial charge is 0.496 e. The molecule has 0 aromatic heterocycles. The van der Waals surface area contributed by atoms with Crippen LogP contribution in [0.3, 0.4) is 0 Å². The molecule has 0 fully saturated rings. The first-order valence-electron chi connectivity index (χ1n) is 4.67. The maximum atomic E-state index is 8.97. The van der Waals surface area contributed by atoms with E-state index in [1.165, 1.54) is 0 Å². The van der Waals surface area contributed by atoms with Crippen molar-refractivity contribution in [2.75, 3.05) is 27.9 Å². The predicted octanol–water partition coefficient (Wildman–Crippen LogP) is 1.25. The highest BCUT2D eigenvalue weighted by atomic mass is 16.5. The van der Waals surface area contributed by atoms with Gasteiger partial charge < -0.3 is 19.3 Å². The molecule has 0 aliphatic rings. The molecule has 0 saturated heterocycles. The third kappa shape index (κ3) is 2.33. The van der Waals surface area contributed by atoms with E-state index in [4.69, 9.17) is 19.3 Å². The monoisotopic (exact) mass is 212 g/mol. The first-order chi connectivity index (χ1) is 7.28. The Balaban J connectivity index is 3.24. The highest BCUT2D eigenvalue weighted by molar-refractivity contribution is 5.54. The van der Waals surface area contributed by atoms with Crippen LogP contribution in [-0.4, -0.2) is 33.0 Å². The smallest absolute Gasteiger partial charge is 0.167 e. The Kier molecular flexibility index (Phi) is 4.24. The van der Waals surface area contributed by atoms with Crippen molar-refractivity contribution in [3.05, 3.63) is 17.7 Å². The fourth-order valence-corrected chi connectivity index (χ4v) is 1.51. The van der Waals surface area contributed by atoms with Crippen LogP contribution in [-0.2, 0) is 6.42 Å². The van der Waals surface area contributed by atoms with Gasteiger partial charge in [-0.15, -0.1) is 0 Å². The van der Waals surface area contributed by atoms with Gasteiger partial charge in [-0.3, -0.25) is 0 Å². The molecule has 4 heteroatoms. The Morgan fingerprint density at radius 1 is 1.00 bits per heavy atom. The molecule has 4 nitrogen and oxygen atoms in total. The zero-order chi connectivity index (χ0) is 11.3. The van der Waals surface area contributed by atoms with Gasteiger partial charge in [0.25, 0.3) is 0 Å². The molecule has 0 atom stereocenters. The van der Waals surface area contributed by atoms with Gasteiger partial charge in [0, 0.05) is 18.6 Å². The standard InChI is InChI=1S/C11H16O4/c1-13-9-4-5-10(14-2)11(15-3)8(9)6-7-12/h4-5,12H,6-7H2,1-3H3. The van der Waals surface area contributed by atoms with Gasteiger partial charge >= 0.3 is 0 Å². The highest BCUT2D eigenvalue weighted by Gasteiger charge is 2.14. The zero-order valence-electron chi connectivity index (χ0n) is 9.24. The van der Waals surface area contributed by atoms with E-state index >= 15 is 0 Å². The number of aliphatic hydroxyl groups excluding tert-OH is 1. The van der Waals surface area contributed by atoms with E-state index in [0.29, 0.717) is 23.7 Å². The Bertz CT molecular complexity index is 323. The Hall–Kier alpha value is -1.42. The second-order valence-electron chi connectivity index (χ2n) is 2.96. The number of hydrogen-bond donors (Lipinski definition) is 1. The van der Waals surface area contributed by atoms with Gasteiger partial charge in [0.15, 0.2) is 11.5 Å². The molecular formula is C11H16O4. The van der Waals surface area contributed by atoms with E-state index in [1.54, 1.807) is 33.5 Å². The lowest BCUT2D eigenvalue weighted by Crippen LogP contribution is -2.01. The van der Waals surface area contributed by atoms with Crippen LogP contribution in [0, 0.1) is 0 Å². The van der Waals surface area contributed by atoms with Gasteiger partial charge in [0.2, 0.25) is 0 Å². The fourth-order valence-electron chi connectivity index (χ4n) is 1.51. The summed E-state index contributed by atoms with van der Waals surface area (Å²) >= 11 is 0. The summed E-state index contributed by atoms with van der Waals surface area (Å²) in [7, 11) is 4.73. The molecule has 0 radical (unpaired) electrons. The van der Waals surface area contributed by atoms with Gasteiger partial charge in [0.05, 0.1) is 21.3 Å². The molecule has 0 heterocycles. The fraction of sp³-hybridized carbons (Fsp3) is 0.455. The maximum absolute atomic E-state index is 8.97. The molecule has 0 amide bonds. The van der Waals surface area contributed by atoms with Crippen molar-refractivity contribution >= 4 is 0 Å². The van der Waals surface area contributed by atoms with Crippen molar-refractivity contribution in [1.82, 2.24) is 0 Å². The van der Waals surface area contributed by atoms with Crippen molar-refractivity contribution in [3.8, 4) is 17.2 Å². The molecule has 84 valence electrons. The number of methoxy groups -OCH3 is 3. The molecule has 15 heavy (non-hydrogen) atoms. The average molecular weight is 212 g/mol. The number of benzene rings is 1. The molecular weight excluding hydrogens is 196 g/mol. The van der Waals surface area contributed by atoms with Crippen molar-refractivity contribution in [2.45, 2.75) is 6.42 Å². The lowest BCUT2D eigenvalue weighted by atomic mass is 10.1. The molecule has 0 spiro atoms. The molecule has 1 aromatic rings. The number of ether oxygens (including phenoxy) is 3. The molecule has 1 rings (SSSR count). The Morgan fingerprint density at radius 3 is 2.07 bits per heavy atom. The summed E-state index contributed by atoms with van der Waals surface area (Å²) in [6.45, 7) is 0.0416. The quantitative estimate of drug-likeness (QED) is 0.798. The van der Waals surface area contributed by atoms with Gasteiger partial charge in [-0.05, 0) is 12.1 Å². The minimum absolute atomic E-state index is 0.0416. The summed E-state index contributed by atoms with van der Waals surface area (Å²) in [5, 5.41) is 8.97. The summed E-state index contributed by atoms with van der Waals surface area (Å²) in [6, 6.07) is 3.57. The lowest BCUT2D eigenvalue weighted by molar-refractivity contribution is 0.290. The Morgan fingerprint density at radius 2 is 1.60 bits per heavy atom. The van der Waals surface area contributed by atoms with E-state index in [2.05, 4.69) is 0 Å². The van der Waals surface area contributed by atoms with Crippen LogP contribution >= 0.6 is 0 Å². The first-order valence-corrected chi connectivity index (χ1v) is 4.67. The van der Waals surface area contributed by atoms with Crippen LogP contribution in [0.4, 0.5) is 0 Å². The summed E-state index contributed by atoms with van der Waals surface area (Å²) in [4.78, 5) is 0. The van der Waals surface area contributed by atoms with Crippen LogP contribution in [0.5, 0.6) is 17.2 Å². The normalized spacial score (nSPS) is 9.87. The minimum atomic E-state index is 0.0416. The zero-order valence-corrected chi connectivity index (χ0v) is 9.24. The molecule has 0 bridgehead atoms. The van der Waals surface area contributed by atoms with Crippen molar-refractivity contribution in [2.24, 2.45) is 0 Å². The molecule has 1 aromatic carbocycles. The van der Waals surface area contributed by atoms with Gasteiger partial charge in [-0.25, -0.2) is 0 Å². The van der Waals surface area contributed by atoms with Crippen LogP contribution in [0.25, 0.3) is 0 Å². The molecule has 1 N–H and O–H groups in total. The summed E-state index contributed by atoms with van der Waals surface area (Å²) in [5.74, 6) is 1.95. The molecule has 0 aliphatic heterocycles. The van der Waals surface area contributed by atoms with E-state index in [9.17, 15) is 0 Å². The number of rotatable bonds is 5. The van der Waals surface area contributed by atoms with E-state index < -0.39 is 0 Å². The number of hydrogen-bond acceptors (Lipinski definition) is 4. The number of aliphatic hydroxyl groups is 1. The maximum Gasteiger partial charge on any atom is 0.167 e. The van der Waals surface area contributed by atoms with Crippen LogP contribution in [0.2, 0.25) is 0 Å². The van der Waals surface area contributed by atoms with Gasteiger partial charge in [-0.2, -0.15) is 0 Å². The van der Waals surface area contributed by atoms with Crippen molar-refractivity contribution < 1.29 is 19.3 Å². The van der Waals surface area contributed by atoms with Crippen LogP contribution in [0.15, 0.2) is 12.1 Å². The minimum Gasteiger partial charge on any atom is -0.496 e. The van der Waals surface area contributed by atoms with Gasteiger partial charge in [-0.1, -0.05) is 0 Å². The summed E-state index contributed by atoms with van der Waals surface area (Å²) in [5.41, 5.74) is 0.821. The van der Waals surface area contributed by atoms with Crippen LogP contribution < -0.4 is 14.2 Å². The van der Waals surface area contributed by atoms with Crippen molar-refractivity contribution in [3.63, 3.8) is 0 Å². The highest BCUT2D eigenvalue weighted by Crippen LogP contribution is 2.37. The second-order valence-corrected chi connectivity index (χ2v) is 2.96. The van der Waals surface area contributed by atoms with Gasteiger partial charge in [0.1, 0.15) is 5.75 Å². The van der Waals surface area contributed by atoms with Crippen molar-refractivity contribution in [1.29, 1.82) is 0 Å². The summed E-state index contributed by atoms with van der Waals surface area (Å²) in [6.07, 6.45) is 0.476. The molecule has 0 aliphatic carbocycles. The average Bonchev–Trinajstić information content (AvgIpc) is 2.28. The van der Waals surface area contributed by atoms with Crippen LogP contribution in [0.1, 0.15) is 5.56 Å². The predicted molar refractivity (Wildman–Crippen MR) is 56.9 cm³/mol. The van der Waals surface area contributed by atoms with E-state index in [-0.39, 0.29) is 6.61 Å². The summed E-state index contributed by atoms with van der Waals surface area (Å²) < 4.78 is 15.6. The van der Waals surface area contributed by atoms with E-state index in [1.807, 2.05) is 0 Å². The second kappa shape index (κ2) is 5.46. The first kappa shape index (κ1) is 11.7. The third-order valence-corrected chi connectivity index (χ3v) is 2.19. The molecule has 0 saturated carbocycles. The molecule has 0 unspecified atom stereocenters. The third-order valence-electron chi connectivity index (χ3n) is 2.19. The van der Waals surface area contributed by atoms with E-state index in [0.717, 1.165) is 5.56 Å².